The second-order valence-electron chi connectivity index (χ2n) is 7.01. The van der Waals surface area contributed by atoms with E-state index in [9.17, 15) is 4.79 Å². The van der Waals surface area contributed by atoms with Crippen molar-refractivity contribution in [2.45, 2.75) is 33.3 Å². The second-order valence-corrected chi connectivity index (χ2v) is 8.01. The Hall–Kier alpha value is -3.39. The quantitative estimate of drug-likeness (QED) is 0.403. The first-order chi connectivity index (χ1) is 14.5. The summed E-state index contributed by atoms with van der Waals surface area (Å²) < 4.78 is 10.6. The molecule has 7 nitrogen and oxygen atoms in total. The van der Waals surface area contributed by atoms with Crippen LogP contribution in [0, 0.1) is 6.92 Å². The van der Waals surface area contributed by atoms with Crippen LogP contribution in [0.3, 0.4) is 0 Å². The first-order valence-corrected chi connectivity index (χ1v) is 10.3. The number of aromatic nitrogens is 4. The van der Waals surface area contributed by atoms with Gasteiger partial charge in [0, 0.05) is 11.8 Å². The van der Waals surface area contributed by atoms with Crippen molar-refractivity contribution >= 4 is 17.3 Å². The lowest BCUT2D eigenvalue weighted by atomic mass is 10.0. The molecule has 0 radical (unpaired) electrons. The number of aryl methyl sites for hydroxylation is 1. The maximum Gasteiger partial charge on any atom is 0.350 e. The minimum absolute atomic E-state index is 0.105. The van der Waals surface area contributed by atoms with Gasteiger partial charge in [0.05, 0.1) is 11.4 Å². The molecule has 3 heterocycles. The molecule has 0 aliphatic carbocycles. The fourth-order valence-electron chi connectivity index (χ4n) is 2.83. The molecule has 4 rings (SSSR count). The summed E-state index contributed by atoms with van der Waals surface area (Å²) in [6.07, 6.45) is 1.69. The monoisotopic (exact) mass is 420 g/mol. The summed E-state index contributed by atoms with van der Waals surface area (Å²) in [5.74, 6) is 0.669. The Kier molecular flexibility index (Phi) is 5.67. The molecule has 3 aromatic heterocycles. The molecule has 0 unspecified atom stereocenters. The first-order valence-electron chi connectivity index (χ1n) is 9.50. The lowest BCUT2D eigenvalue weighted by molar-refractivity contribution is 0.0434. The highest BCUT2D eigenvalue weighted by molar-refractivity contribution is 7.17. The van der Waals surface area contributed by atoms with Gasteiger partial charge in [-0.25, -0.2) is 9.78 Å². The number of nitrogens with zero attached hydrogens (tertiary/aromatic N) is 4. The molecule has 30 heavy (non-hydrogen) atoms. The van der Waals surface area contributed by atoms with Gasteiger partial charge in [0.2, 0.25) is 5.82 Å². The van der Waals surface area contributed by atoms with Crippen LogP contribution in [-0.2, 0) is 11.3 Å². The lowest BCUT2D eigenvalue weighted by Crippen LogP contribution is -2.05. The highest BCUT2D eigenvalue weighted by Crippen LogP contribution is 2.27. The Morgan fingerprint density at radius 1 is 1.13 bits per heavy atom. The predicted molar refractivity (Wildman–Crippen MR) is 113 cm³/mol. The molecule has 0 aliphatic heterocycles. The zero-order valence-electron chi connectivity index (χ0n) is 16.8. The van der Waals surface area contributed by atoms with E-state index >= 15 is 0 Å². The minimum atomic E-state index is -0.479. The first kappa shape index (κ1) is 19.9. The summed E-state index contributed by atoms with van der Waals surface area (Å²) in [6.45, 7) is 5.94. The average Bonchev–Trinajstić information content (AvgIpc) is 3.39. The number of rotatable bonds is 6. The number of esters is 1. The molecule has 4 aromatic rings. The van der Waals surface area contributed by atoms with Gasteiger partial charge in [0.1, 0.15) is 9.88 Å². The van der Waals surface area contributed by atoms with Crippen LogP contribution in [0.2, 0.25) is 0 Å². The van der Waals surface area contributed by atoms with E-state index < -0.39 is 5.97 Å². The molecule has 0 bridgehead atoms. The van der Waals surface area contributed by atoms with E-state index in [-0.39, 0.29) is 12.5 Å². The third-order valence-electron chi connectivity index (χ3n) is 4.50. The van der Waals surface area contributed by atoms with Crippen LogP contribution in [0.15, 0.2) is 53.2 Å². The maximum absolute atomic E-state index is 12.5. The molecular weight excluding hydrogens is 400 g/mol. The number of hydrogen-bond acceptors (Lipinski definition) is 8. The van der Waals surface area contributed by atoms with Gasteiger partial charge in [-0.15, -0.1) is 11.3 Å². The third kappa shape index (κ3) is 4.28. The fraction of sp³-hybridized carbons (Fsp3) is 0.227. The van der Waals surface area contributed by atoms with Crippen molar-refractivity contribution in [2.24, 2.45) is 0 Å². The number of hydrogen-bond donors (Lipinski definition) is 0. The summed E-state index contributed by atoms with van der Waals surface area (Å²) in [4.78, 5) is 25.9. The van der Waals surface area contributed by atoms with E-state index in [1.165, 1.54) is 16.9 Å². The van der Waals surface area contributed by atoms with Crippen LogP contribution >= 0.6 is 11.3 Å². The van der Waals surface area contributed by atoms with E-state index in [1.807, 2.05) is 42.5 Å². The molecule has 152 valence electrons. The molecule has 0 spiro atoms. The number of carbonyl (C=O) groups is 1. The topological polar surface area (TPSA) is 91.0 Å². The molecule has 8 heteroatoms. The van der Waals surface area contributed by atoms with E-state index in [1.54, 1.807) is 13.1 Å². The van der Waals surface area contributed by atoms with Crippen LogP contribution in [0.1, 0.15) is 46.6 Å². The van der Waals surface area contributed by atoms with Gasteiger partial charge in [-0.05, 0) is 30.5 Å². The van der Waals surface area contributed by atoms with E-state index in [0.29, 0.717) is 27.3 Å². The molecule has 0 fully saturated rings. The Labute approximate surface area is 177 Å². The van der Waals surface area contributed by atoms with Crippen molar-refractivity contribution in [3.05, 3.63) is 70.7 Å². The van der Waals surface area contributed by atoms with Gasteiger partial charge < -0.3 is 9.26 Å². The van der Waals surface area contributed by atoms with Crippen LogP contribution in [0.4, 0.5) is 0 Å². The van der Waals surface area contributed by atoms with Gasteiger partial charge in [-0.3, -0.25) is 4.98 Å². The maximum atomic E-state index is 12.5. The van der Waals surface area contributed by atoms with Gasteiger partial charge in [0.25, 0.3) is 5.89 Å². The van der Waals surface area contributed by atoms with Gasteiger partial charge in [-0.2, -0.15) is 4.98 Å². The number of benzene rings is 1. The van der Waals surface area contributed by atoms with Crippen LogP contribution in [-0.4, -0.2) is 26.1 Å². The van der Waals surface area contributed by atoms with Crippen LogP contribution < -0.4 is 0 Å². The minimum Gasteiger partial charge on any atom is -0.451 e. The van der Waals surface area contributed by atoms with E-state index in [2.05, 4.69) is 34.0 Å². The lowest BCUT2D eigenvalue weighted by Gasteiger charge is -2.04. The third-order valence-corrected chi connectivity index (χ3v) is 5.66. The molecule has 0 atom stereocenters. The van der Waals surface area contributed by atoms with Crippen molar-refractivity contribution in [1.82, 2.24) is 20.1 Å². The Morgan fingerprint density at radius 2 is 1.93 bits per heavy atom. The molecule has 0 saturated carbocycles. The molecule has 0 N–H and O–H groups in total. The van der Waals surface area contributed by atoms with E-state index in [4.69, 9.17) is 9.26 Å². The molecule has 0 amide bonds. The summed E-state index contributed by atoms with van der Waals surface area (Å²) in [6, 6.07) is 13.5. The second kappa shape index (κ2) is 8.54. The molecule has 1 aromatic carbocycles. The summed E-state index contributed by atoms with van der Waals surface area (Å²) in [5, 5.41) is 4.65. The van der Waals surface area contributed by atoms with Crippen molar-refractivity contribution in [3.63, 3.8) is 0 Å². The normalized spacial score (nSPS) is 11.1. The van der Waals surface area contributed by atoms with Gasteiger partial charge >= 0.3 is 5.97 Å². The Bertz CT molecular complexity index is 1150. The number of carbonyl (C=O) groups excluding carboxylic acids is 1. The summed E-state index contributed by atoms with van der Waals surface area (Å²) in [5.41, 5.74) is 3.40. The largest absolute Gasteiger partial charge is 0.451 e. The van der Waals surface area contributed by atoms with Crippen molar-refractivity contribution in [1.29, 1.82) is 0 Å². The predicted octanol–water partition coefficient (Wildman–Crippen LogP) is 5.04. The zero-order chi connectivity index (χ0) is 21.1. The standard InChI is InChI=1S/C22H20N4O3S/c1-13(2)15-7-9-16(10-8-15)20-25-18(29-26-20)12-28-22(27)19-14(3)24-21(30-19)17-6-4-5-11-23-17/h4-11,13H,12H2,1-3H3. The summed E-state index contributed by atoms with van der Waals surface area (Å²) >= 11 is 1.25. The van der Waals surface area contributed by atoms with Gasteiger partial charge in [0.15, 0.2) is 6.61 Å². The number of thiazole rings is 1. The zero-order valence-corrected chi connectivity index (χ0v) is 17.6. The number of ether oxygens (including phenoxy) is 1. The van der Waals surface area contributed by atoms with Gasteiger partial charge in [-0.1, -0.05) is 49.3 Å². The SMILES string of the molecule is Cc1nc(-c2ccccn2)sc1C(=O)OCc1nc(-c2ccc(C(C)C)cc2)no1. The average molecular weight is 420 g/mol. The van der Waals surface area contributed by atoms with Crippen molar-refractivity contribution in [2.75, 3.05) is 0 Å². The number of pyridine rings is 1. The van der Waals surface area contributed by atoms with Crippen LogP contribution in [0.25, 0.3) is 22.1 Å². The molecule has 0 saturated heterocycles. The Balaban J connectivity index is 1.42. The van der Waals surface area contributed by atoms with E-state index in [0.717, 1.165) is 11.3 Å². The Morgan fingerprint density at radius 3 is 2.63 bits per heavy atom. The van der Waals surface area contributed by atoms with Crippen molar-refractivity contribution < 1.29 is 14.1 Å². The van der Waals surface area contributed by atoms with Crippen LogP contribution in [0.5, 0.6) is 0 Å². The highest BCUT2D eigenvalue weighted by atomic mass is 32.1. The molecule has 0 aliphatic rings. The summed E-state index contributed by atoms with van der Waals surface area (Å²) in [7, 11) is 0. The fourth-order valence-corrected chi connectivity index (χ4v) is 3.76. The molecular formula is C22H20N4O3S. The van der Waals surface area contributed by atoms with Crippen molar-refractivity contribution in [3.8, 4) is 22.1 Å². The smallest absolute Gasteiger partial charge is 0.350 e. The highest BCUT2D eigenvalue weighted by Gasteiger charge is 2.19.